The number of fused-ring (bicyclic) bond motifs is 12. The maximum Gasteiger partial charge on any atom is 0.0893 e. The first kappa shape index (κ1) is 41.4. The maximum atomic E-state index is 2.78. The van der Waals surface area contributed by atoms with Crippen molar-refractivity contribution in [3.63, 3.8) is 0 Å². The molecule has 1 atom stereocenters. The lowest BCUT2D eigenvalue weighted by Crippen LogP contribution is -2.29. The molecule has 0 radical (unpaired) electrons. The fourth-order valence-corrected chi connectivity index (χ4v) is 12.0. The molecule has 0 bridgehead atoms. The van der Waals surface area contributed by atoms with Gasteiger partial charge in [-0.15, -0.1) is 0 Å². The number of benzene rings is 7. The third kappa shape index (κ3) is 6.00. The summed E-state index contributed by atoms with van der Waals surface area (Å²) in [5.41, 5.74) is 22.9. The van der Waals surface area contributed by atoms with Crippen LogP contribution in [0.5, 0.6) is 0 Å². The molecular formula is C63H65N3. The molecule has 0 fully saturated rings. The molecular weight excluding hydrogens is 799 g/mol. The van der Waals surface area contributed by atoms with Gasteiger partial charge in [0.15, 0.2) is 0 Å². The van der Waals surface area contributed by atoms with Gasteiger partial charge in [-0.2, -0.15) is 0 Å². The van der Waals surface area contributed by atoms with Crippen molar-refractivity contribution in [3.8, 4) is 16.8 Å². The summed E-state index contributed by atoms with van der Waals surface area (Å²) in [6, 6.07) is 48.2. The monoisotopic (exact) mass is 864 g/mol. The Labute approximate surface area is 392 Å². The quantitative estimate of drug-likeness (QED) is 0.169. The average Bonchev–Trinajstić information content (AvgIpc) is 3.78. The van der Waals surface area contributed by atoms with E-state index in [2.05, 4.69) is 218 Å². The molecule has 1 unspecified atom stereocenters. The number of aromatic nitrogens is 2. The van der Waals surface area contributed by atoms with E-state index >= 15 is 0 Å². The predicted molar refractivity (Wildman–Crippen MR) is 283 cm³/mol. The minimum absolute atomic E-state index is 0.0125. The highest BCUT2D eigenvalue weighted by Gasteiger charge is 2.42. The van der Waals surface area contributed by atoms with E-state index in [0.29, 0.717) is 0 Å². The highest BCUT2D eigenvalue weighted by Crippen LogP contribution is 2.61. The zero-order chi connectivity index (χ0) is 46.0. The Balaban J connectivity index is 1.31. The molecule has 9 aromatic rings. The van der Waals surface area contributed by atoms with Crippen LogP contribution >= 0.6 is 0 Å². The third-order valence-corrected chi connectivity index (χ3v) is 15.6. The van der Waals surface area contributed by atoms with Crippen molar-refractivity contribution in [1.29, 1.82) is 0 Å². The van der Waals surface area contributed by atoms with E-state index in [0.717, 1.165) is 12.8 Å². The summed E-state index contributed by atoms with van der Waals surface area (Å²) >= 11 is 0. The number of rotatable bonds is 2. The van der Waals surface area contributed by atoms with E-state index in [4.69, 9.17) is 0 Å². The van der Waals surface area contributed by atoms with Gasteiger partial charge in [0.25, 0.3) is 0 Å². The lowest BCUT2D eigenvalue weighted by molar-refractivity contribution is 0.568. The first-order valence-electron chi connectivity index (χ1n) is 24.7. The first-order valence-corrected chi connectivity index (χ1v) is 24.7. The molecule has 2 aromatic heterocycles. The molecule has 0 amide bonds. The van der Waals surface area contributed by atoms with Crippen molar-refractivity contribution in [3.05, 3.63) is 166 Å². The second-order valence-electron chi connectivity index (χ2n) is 24.2. The molecule has 2 aliphatic heterocycles. The van der Waals surface area contributed by atoms with Crippen LogP contribution in [-0.2, 0) is 34.5 Å². The molecule has 7 aromatic carbocycles. The Morgan fingerprint density at radius 1 is 0.470 bits per heavy atom. The van der Waals surface area contributed by atoms with E-state index in [9.17, 15) is 0 Å². The van der Waals surface area contributed by atoms with Gasteiger partial charge < -0.3 is 14.0 Å². The maximum absolute atomic E-state index is 2.78. The largest absolute Gasteiger partial charge is 0.328 e. The van der Waals surface area contributed by atoms with E-state index in [-0.39, 0.29) is 27.7 Å². The van der Waals surface area contributed by atoms with Crippen molar-refractivity contribution in [2.24, 2.45) is 0 Å². The summed E-state index contributed by atoms with van der Waals surface area (Å²) in [5, 5.41) is 6.72. The van der Waals surface area contributed by atoms with Crippen LogP contribution in [0.3, 0.4) is 0 Å². The summed E-state index contributed by atoms with van der Waals surface area (Å²) in [5.74, 6) is 0. The lowest BCUT2D eigenvalue weighted by Gasteiger charge is -2.43. The van der Waals surface area contributed by atoms with Gasteiger partial charge in [0.2, 0.25) is 0 Å². The zero-order valence-corrected chi connectivity index (χ0v) is 41.3. The molecule has 3 aliphatic rings. The molecule has 1 aliphatic carbocycles. The van der Waals surface area contributed by atoms with E-state index < -0.39 is 0 Å². The number of hydrogen-bond acceptors (Lipinski definition) is 1. The average molecular weight is 864 g/mol. The van der Waals surface area contributed by atoms with Crippen LogP contribution < -0.4 is 4.90 Å². The Bertz CT molecular complexity index is 3470. The van der Waals surface area contributed by atoms with E-state index in [1.54, 1.807) is 0 Å². The van der Waals surface area contributed by atoms with Crippen molar-refractivity contribution in [2.45, 2.75) is 136 Å². The van der Waals surface area contributed by atoms with Crippen molar-refractivity contribution in [1.82, 2.24) is 9.13 Å². The van der Waals surface area contributed by atoms with E-state index in [1.807, 2.05) is 0 Å². The summed E-state index contributed by atoms with van der Waals surface area (Å²) in [6.07, 6.45) is 4.65. The van der Waals surface area contributed by atoms with Crippen LogP contribution in [0.15, 0.2) is 121 Å². The minimum atomic E-state index is -0.0623. The van der Waals surface area contributed by atoms with Crippen LogP contribution in [0.2, 0.25) is 0 Å². The number of aryl methyl sites for hydroxylation is 1. The summed E-state index contributed by atoms with van der Waals surface area (Å²) in [6.45, 7) is 28.4. The Morgan fingerprint density at radius 2 is 1.11 bits per heavy atom. The van der Waals surface area contributed by atoms with Crippen LogP contribution in [0.4, 0.5) is 17.1 Å². The minimum Gasteiger partial charge on any atom is -0.328 e. The third-order valence-electron chi connectivity index (χ3n) is 15.6. The molecule has 332 valence electrons. The topological polar surface area (TPSA) is 13.1 Å². The molecule has 0 N–H and O–H groups in total. The number of hydrogen-bond donors (Lipinski definition) is 0. The zero-order valence-electron chi connectivity index (χ0n) is 41.3. The van der Waals surface area contributed by atoms with Gasteiger partial charge in [-0.05, 0) is 158 Å². The van der Waals surface area contributed by atoms with Gasteiger partial charge in [0.1, 0.15) is 0 Å². The Kier molecular flexibility index (Phi) is 8.62. The fourth-order valence-electron chi connectivity index (χ4n) is 12.0. The first-order chi connectivity index (χ1) is 31.3. The molecule has 3 heteroatoms. The molecule has 0 saturated carbocycles. The van der Waals surface area contributed by atoms with Gasteiger partial charge in [0.05, 0.1) is 34.0 Å². The highest BCUT2D eigenvalue weighted by atomic mass is 15.2. The van der Waals surface area contributed by atoms with Crippen LogP contribution in [0.1, 0.15) is 147 Å². The van der Waals surface area contributed by atoms with Crippen molar-refractivity contribution in [2.75, 3.05) is 4.90 Å². The normalized spacial score (nSPS) is 16.1. The van der Waals surface area contributed by atoms with Gasteiger partial charge in [-0.25, -0.2) is 0 Å². The van der Waals surface area contributed by atoms with Gasteiger partial charge >= 0.3 is 0 Å². The molecule has 66 heavy (non-hydrogen) atoms. The number of anilines is 3. The number of nitrogens with zero attached hydrogens (tertiary/aromatic N) is 3. The second kappa shape index (κ2) is 13.8. The van der Waals surface area contributed by atoms with Gasteiger partial charge in [0, 0.05) is 49.9 Å². The Morgan fingerprint density at radius 3 is 1.80 bits per heavy atom. The van der Waals surface area contributed by atoms with Gasteiger partial charge in [-0.1, -0.05) is 138 Å². The smallest absolute Gasteiger partial charge is 0.0893 e. The summed E-state index contributed by atoms with van der Waals surface area (Å²) in [4.78, 5) is 2.70. The summed E-state index contributed by atoms with van der Waals surface area (Å²) in [7, 11) is 0. The van der Waals surface area contributed by atoms with Gasteiger partial charge in [-0.3, -0.25) is 0 Å². The van der Waals surface area contributed by atoms with E-state index in [1.165, 1.54) is 135 Å². The van der Waals surface area contributed by atoms with Crippen LogP contribution in [0.25, 0.3) is 60.3 Å². The van der Waals surface area contributed by atoms with Crippen molar-refractivity contribution >= 4 is 60.5 Å². The molecule has 12 rings (SSSR count). The van der Waals surface area contributed by atoms with Crippen LogP contribution in [0, 0.1) is 0 Å². The SMILES string of the molecule is CC(C)(C)c1cc(N2c3cc4c5c(n(-c6ccccc6)c4cc3C3c4c2cc2ccccc2c4-c2cc(C(C)(C)C)cc4c6cc(C(C)(C)C)ccc6n3c24)CCCC5)cc(C(C)(C)C)c1. The molecule has 0 spiro atoms. The Hall–Kier alpha value is -6.06. The standard InChI is InChI=1S/C63H65N3/c1-60(2,3)38-26-27-52-46(32-38)48-33-41(63(10,11)12)34-50-56-44-23-17-16-20-37(44)28-55-57(56)59(66(52)58(48)50)49-36-53-47(45-24-18-19-25-51(45)64(53)42-21-14-13-15-22-42)35-54(49)65(55)43-30-39(61(4,5)6)29-40(31-43)62(7,8)9/h13-17,20-23,26-36,59H,18-19,24-25H2,1-12H3. The summed E-state index contributed by atoms with van der Waals surface area (Å²) < 4.78 is 5.41. The predicted octanol–water partition coefficient (Wildman–Crippen LogP) is 17.4. The fraction of sp³-hybridized carbons (Fsp3) is 0.333. The highest BCUT2D eigenvalue weighted by molar-refractivity contribution is 6.19. The second-order valence-corrected chi connectivity index (χ2v) is 24.2. The van der Waals surface area contributed by atoms with Crippen LogP contribution in [-0.4, -0.2) is 9.13 Å². The number of para-hydroxylation sites is 1. The molecule has 4 heterocycles. The molecule has 3 nitrogen and oxygen atoms in total. The van der Waals surface area contributed by atoms with Crippen molar-refractivity contribution < 1.29 is 0 Å². The lowest BCUT2D eigenvalue weighted by atomic mass is 9.76. The molecule has 0 saturated heterocycles.